The summed E-state index contributed by atoms with van der Waals surface area (Å²) >= 11 is 0. The number of rotatable bonds is 2. The third-order valence-corrected chi connectivity index (χ3v) is 0.224. The van der Waals surface area contributed by atoms with Crippen molar-refractivity contribution in [2.45, 2.75) is 0 Å². The van der Waals surface area contributed by atoms with Crippen molar-refractivity contribution in [3.8, 4) is 0 Å². The molecule has 0 aliphatic carbocycles. The Labute approximate surface area is 35.7 Å². The SMILES string of the molecule is C=NN/C=N/N. The van der Waals surface area contributed by atoms with Crippen molar-refractivity contribution in [2.24, 2.45) is 16.0 Å². The summed E-state index contributed by atoms with van der Waals surface area (Å²) in [5, 5.41) is 6.25. The highest BCUT2D eigenvalue weighted by molar-refractivity contribution is 5.53. The first-order valence-electron chi connectivity index (χ1n) is 1.34. The van der Waals surface area contributed by atoms with Crippen LogP contribution in [0.5, 0.6) is 0 Å². The normalized spacial score (nSPS) is 8.67. The zero-order chi connectivity index (χ0) is 4.83. The van der Waals surface area contributed by atoms with Crippen LogP contribution in [-0.4, -0.2) is 13.1 Å². The van der Waals surface area contributed by atoms with Gasteiger partial charge in [0.2, 0.25) is 0 Å². The Morgan fingerprint density at radius 1 is 1.83 bits per heavy atom. The number of hydrogen-bond donors (Lipinski definition) is 2. The van der Waals surface area contributed by atoms with Crippen LogP contribution in [0.3, 0.4) is 0 Å². The van der Waals surface area contributed by atoms with Gasteiger partial charge in [-0.1, -0.05) is 0 Å². The van der Waals surface area contributed by atoms with Crippen LogP contribution in [0.1, 0.15) is 0 Å². The highest BCUT2D eigenvalue weighted by Crippen LogP contribution is 1.39. The molecule has 0 amide bonds. The molecule has 0 atom stereocenters. The maximum Gasteiger partial charge on any atom is 0.128 e. The zero-order valence-corrected chi connectivity index (χ0v) is 3.26. The van der Waals surface area contributed by atoms with Crippen LogP contribution in [0.4, 0.5) is 0 Å². The molecule has 0 aromatic carbocycles. The van der Waals surface area contributed by atoms with Gasteiger partial charge in [0.15, 0.2) is 0 Å². The van der Waals surface area contributed by atoms with Crippen LogP contribution in [0.15, 0.2) is 10.2 Å². The van der Waals surface area contributed by atoms with Gasteiger partial charge in [-0.15, -0.1) is 0 Å². The molecule has 0 unspecified atom stereocenters. The molecule has 6 heavy (non-hydrogen) atoms. The minimum Gasteiger partial charge on any atom is -0.322 e. The summed E-state index contributed by atoms with van der Waals surface area (Å²) in [4.78, 5) is 0. The molecule has 0 aliphatic rings. The number of hydrogen-bond acceptors (Lipinski definition) is 3. The fourth-order valence-electron chi connectivity index (χ4n) is 0.0742. The molecule has 0 saturated heterocycles. The molecule has 0 radical (unpaired) electrons. The average molecular weight is 86.1 g/mol. The van der Waals surface area contributed by atoms with Crippen molar-refractivity contribution in [3.05, 3.63) is 0 Å². The molecule has 4 heteroatoms. The molecule has 0 aromatic rings. The molecule has 0 heterocycles. The van der Waals surface area contributed by atoms with Crippen LogP contribution in [0.2, 0.25) is 0 Å². The van der Waals surface area contributed by atoms with Gasteiger partial charge in [-0.05, 0) is 0 Å². The largest absolute Gasteiger partial charge is 0.322 e. The van der Waals surface area contributed by atoms with E-state index in [0.29, 0.717) is 0 Å². The fourth-order valence-corrected chi connectivity index (χ4v) is 0.0742. The third-order valence-electron chi connectivity index (χ3n) is 0.224. The summed E-state index contributed by atoms with van der Waals surface area (Å²) < 4.78 is 0. The van der Waals surface area contributed by atoms with Gasteiger partial charge in [-0.2, -0.15) is 10.2 Å². The van der Waals surface area contributed by atoms with Crippen molar-refractivity contribution in [3.63, 3.8) is 0 Å². The maximum absolute atomic E-state index is 4.63. The van der Waals surface area contributed by atoms with E-state index >= 15 is 0 Å². The van der Waals surface area contributed by atoms with Crippen LogP contribution in [0.25, 0.3) is 0 Å². The Morgan fingerprint density at radius 2 is 2.50 bits per heavy atom. The van der Waals surface area contributed by atoms with Gasteiger partial charge < -0.3 is 5.84 Å². The molecular formula is C2H6N4. The quantitative estimate of drug-likeness (QED) is 0.198. The summed E-state index contributed by atoms with van der Waals surface area (Å²) in [6, 6.07) is 0. The van der Waals surface area contributed by atoms with E-state index in [4.69, 9.17) is 0 Å². The van der Waals surface area contributed by atoms with Crippen molar-refractivity contribution in [1.29, 1.82) is 0 Å². The minimum atomic E-state index is 1.23. The topological polar surface area (TPSA) is 62.8 Å². The molecule has 0 rings (SSSR count). The lowest BCUT2D eigenvalue weighted by Crippen LogP contribution is -2.00. The molecule has 0 saturated carbocycles. The maximum atomic E-state index is 4.63. The Bertz CT molecular complexity index is 56.6. The second-order valence-corrected chi connectivity index (χ2v) is 0.565. The van der Waals surface area contributed by atoms with E-state index in [1.54, 1.807) is 0 Å². The molecule has 4 nitrogen and oxygen atoms in total. The van der Waals surface area contributed by atoms with E-state index < -0.39 is 0 Å². The number of hydrazone groups is 2. The van der Waals surface area contributed by atoms with Gasteiger partial charge in [0.1, 0.15) is 6.34 Å². The Kier molecular flexibility index (Phi) is 3.24. The predicted molar refractivity (Wildman–Crippen MR) is 25.4 cm³/mol. The summed E-state index contributed by atoms with van der Waals surface area (Å²) in [5.74, 6) is 4.63. The first kappa shape index (κ1) is 4.94. The Hall–Kier alpha value is -1.06. The third kappa shape index (κ3) is 2.94. The summed E-state index contributed by atoms with van der Waals surface area (Å²) in [7, 11) is 0. The standard InChI is InChI=1S/C2H6N4/c1-4-6-2-5-3/h2H,1,3H2,(H,5,6). The van der Waals surface area contributed by atoms with Gasteiger partial charge in [-0.25, -0.2) is 0 Å². The van der Waals surface area contributed by atoms with Crippen molar-refractivity contribution in [1.82, 2.24) is 5.43 Å². The molecule has 3 N–H and O–H groups in total. The number of nitrogens with zero attached hydrogens (tertiary/aromatic N) is 2. The molecular weight excluding hydrogens is 80.1 g/mol. The van der Waals surface area contributed by atoms with Gasteiger partial charge in [0.05, 0.1) is 0 Å². The van der Waals surface area contributed by atoms with Crippen molar-refractivity contribution < 1.29 is 0 Å². The lowest BCUT2D eigenvalue weighted by Gasteiger charge is -1.77. The Balaban J connectivity index is 2.85. The summed E-state index contributed by atoms with van der Waals surface area (Å²) in [5.41, 5.74) is 2.30. The van der Waals surface area contributed by atoms with E-state index in [9.17, 15) is 0 Å². The average Bonchev–Trinajstić information content (AvgIpc) is 1.61. The summed E-state index contributed by atoms with van der Waals surface area (Å²) in [6.07, 6.45) is 1.23. The van der Waals surface area contributed by atoms with E-state index in [1.807, 2.05) is 0 Å². The van der Waals surface area contributed by atoms with Crippen molar-refractivity contribution >= 4 is 13.1 Å². The van der Waals surface area contributed by atoms with Gasteiger partial charge in [-0.3, -0.25) is 5.43 Å². The first-order valence-corrected chi connectivity index (χ1v) is 1.34. The van der Waals surface area contributed by atoms with Gasteiger partial charge >= 0.3 is 0 Å². The minimum absolute atomic E-state index is 1.23. The van der Waals surface area contributed by atoms with E-state index in [-0.39, 0.29) is 0 Å². The smallest absolute Gasteiger partial charge is 0.128 e. The van der Waals surface area contributed by atoms with E-state index in [0.717, 1.165) is 0 Å². The van der Waals surface area contributed by atoms with Gasteiger partial charge in [0, 0.05) is 6.72 Å². The second kappa shape index (κ2) is 3.94. The molecule has 0 aromatic heterocycles. The predicted octanol–water partition coefficient (Wildman–Crippen LogP) is -0.906. The van der Waals surface area contributed by atoms with Crippen molar-refractivity contribution in [2.75, 3.05) is 0 Å². The zero-order valence-electron chi connectivity index (χ0n) is 3.26. The molecule has 0 bridgehead atoms. The van der Waals surface area contributed by atoms with Crippen LogP contribution in [0, 0.1) is 0 Å². The lowest BCUT2D eigenvalue weighted by atomic mass is 11.3. The fraction of sp³-hybridized carbons (Fsp3) is 0. The van der Waals surface area contributed by atoms with E-state index in [1.165, 1.54) is 6.34 Å². The molecule has 0 fully saturated rings. The van der Waals surface area contributed by atoms with E-state index in [2.05, 4.69) is 28.2 Å². The van der Waals surface area contributed by atoms with Gasteiger partial charge in [0.25, 0.3) is 0 Å². The molecule has 0 spiro atoms. The number of nitrogens with two attached hydrogens (primary N) is 1. The highest BCUT2D eigenvalue weighted by Gasteiger charge is 1.52. The number of nitrogens with one attached hydrogen (secondary N) is 1. The van der Waals surface area contributed by atoms with Crippen LogP contribution < -0.4 is 11.3 Å². The van der Waals surface area contributed by atoms with Crippen LogP contribution >= 0.6 is 0 Å². The molecule has 34 valence electrons. The second-order valence-electron chi connectivity index (χ2n) is 0.565. The van der Waals surface area contributed by atoms with Crippen LogP contribution in [-0.2, 0) is 0 Å². The molecule has 0 aliphatic heterocycles. The first-order chi connectivity index (χ1) is 2.91. The lowest BCUT2D eigenvalue weighted by molar-refractivity contribution is 1.05. The monoisotopic (exact) mass is 86.1 g/mol. The Morgan fingerprint density at radius 3 is 2.67 bits per heavy atom. The highest BCUT2D eigenvalue weighted by atomic mass is 15.3. The summed E-state index contributed by atoms with van der Waals surface area (Å²) in [6.45, 7) is 3.09.